The predicted octanol–water partition coefficient (Wildman–Crippen LogP) is 1.07. The van der Waals surface area contributed by atoms with E-state index in [0.717, 1.165) is 24.9 Å². The van der Waals surface area contributed by atoms with Crippen LogP contribution in [0, 0.1) is 10.1 Å². The molecule has 0 aliphatic heterocycles. The maximum atomic E-state index is 11.7. The summed E-state index contributed by atoms with van der Waals surface area (Å²) in [4.78, 5) is 13.2. The van der Waals surface area contributed by atoms with Crippen LogP contribution in [0.1, 0.15) is 19.8 Å². The molecule has 1 aromatic rings. The molecule has 1 rings (SSSR count). The summed E-state index contributed by atoms with van der Waals surface area (Å²) in [6, 6.07) is 0.987. The minimum absolute atomic E-state index is 0.192. The van der Waals surface area contributed by atoms with Gasteiger partial charge in [-0.3, -0.25) is 15.1 Å². The van der Waals surface area contributed by atoms with E-state index in [9.17, 15) is 18.5 Å². The van der Waals surface area contributed by atoms with Crippen molar-refractivity contribution in [2.75, 3.05) is 6.54 Å². The van der Waals surface area contributed by atoms with Crippen LogP contribution in [-0.4, -0.2) is 24.9 Å². The van der Waals surface area contributed by atoms with E-state index >= 15 is 0 Å². The number of hydrogen-bond acceptors (Lipinski definition) is 5. The lowest BCUT2D eigenvalue weighted by molar-refractivity contribution is -0.385. The van der Waals surface area contributed by atoms with Gasteiger partial charge in [0.25, 0.3) is 5.69 Å². The molecule has 0 aliphatic carbocycles. The van der Waals surface area contributed by atoms with Gasteiger partial charge in [0.15, 0.2) is 0 Å². The molecule has 0 aromatic carbocycles. The van der Waals surface area contributed by atoms with Gasteiger partial charge in [0.05, 0.1) is 4.92 Å². The molecule has 0 aliphatic rings. The van der Waals surface area contributed by atoms with Crippen LogP contribution in [0.2, 0.25) is 0 Å². The van der Waals surface area contributed by atoms with Crippen molar-refractivity contribution in [3.05, 3.63) is 28.6 Å². The lowest BCUT2D eigenvalue weighted by atomic mass is 10.3. The van der Waals surface area contributed by atoms with Crippen molar-refractivity contribution < 1.29 is 13.3 Å². The zero-order chi connectivity index (χ0) is 12.9. The summed E-state index contributed by atoms with van der Waals surface area (Å²) in [6.45, 7) is 2.24. The van der Waals surface area contributed by atoms with Crippen LogP contribution in [0.15, 0.2) is 23.4 Å². The summed E-state index contributed by atoms with van der Waals surface area (Å²) in [5.41, 5.74) is -0.344. The number of nitrogens with one attached hydrogen (secondary N) is 1. The van der Waals surface area contributed by atoms with Gasteiger partial charge in [0.2, 0.25) is 10.0 Å². The normalized spacial score (nSPS) is 11.4. The Morgan fingerprint density at radius 1 is 1.47 bits per heavy atom. The highest BCUT2D eigenvalue weighted by Crippen LogP contribution is 2.15. The third-order valence-corrected chi connectivity index (χ3v) is 3.47. The fraction of sp³-hybridized carbons (Fsp3) is 0.444. The highest BCUT2D eigenvalue weighted by atomic mass is 32.2. The molecule has 0 unspecified atom stereocenters. The van der Waals surface area contributed by atoms with Gasteiger partial charge in [-0.15, -0.1) is 0 Å². The molecule has 8 heteroatoms. The van der Waals surface area contributed by atoms with Gasteiger partial charge < -0.3 is 0 Å². The van der Waals surface area contributed by atoms with Crippen molar-refractivity contribution in [3.63, 3.8) is 0 Å². The van der Waals surface area contributed by atoms with Crippen molar-refractivity contribution in [2.45, 2.75) is 24.7 Å². The molecule has 7 nitrogen and oxygen atoms in total. The molecule has 17 heavy (non-hydrogen) atoms. The van der Waals surface area contributed by atoms with E-state index in [-0.39, 0.29) is 10.6 Å². The molecular weight excluding hydrogens is 246 g/mol. The van der Waals surface area contributed by atoms with Gasteiger partial charge >= 0.3 is 0 Å². The molecule has 0 saturated heterocycles. The number of pyridine rings is 1. The first-order chi connectivity index (χ1) is 7.97. The quantitative estimate of drug-likeness (QED) is 0.467. The number of sulfonamides is 1. The van der Waals surface area contributed by atoms with Gasteiger partial charge in [0.1, 0.15) is 11.1 Å². The summed E-state index contributed by atoms with van der Waals surface area (Å²) in [6.07, 6.45) is 3.66. The minimum atomic E-state index is -3.71. The molecule has 1 aromatic heterocycles. The molecule has 0 fully saturated rings. The summed E-state index contributed by atoms with van der Waals surface area (Å²) >= 11 is 0. The monoisotopic (exact) mass is 259 g/mol. The molecule has 0 spiro atoms. The fourth-order valence-corrected chi connectivity index (χ4v) is 2.18. The van der Waals surface area contributed by atoms with Crippen LogP contribution in [0.5, 0.6) is 0 Å². The molecular formula is C9H13N3O4S. The average molecular weight is 259 g/mol. The first-order valence-electron chi connectivity index (χ1n) is 5.06. The Hall–Kier alpha value is -1.54. The Kier molecular flexibility index (Phi) is 4.53. The molecule has 1 N–H and O–H groups in total. The Bertz CT molecular complexity index is 501. The fourth-order valence-electron chi connectivity index (χ4n) is 1.12. The summed E-state index contributed by atoms with van der Waals surface area (Å²) in [7, 11) is -3.71. The number of rotatable bonds is 6. The van der Waals surface area contributed by atoms with Crippen LogP contribution >= 0.6 is 0 Å². The van der Waals surface area contributed by atoms with E-state index in [4.69, 9.17) is 0 Å². The van der Waals surface area contributed by atoms with Crippen LogP contribution < -0.4 is 4.72 Å². The van der Waals surface area contributed by atoms with E-state index < -0.39 is 14.9 Å². The number of aromatic nitrogens is 1. The zero-order valence-corrected chi connectivity index (χ0v) is 10.1. The van der Waals surface area contributed by atoms with E-state index in [1.807, 2.05) is 6.92 Å². The van der Waals surface area contributed by atoms with Crippen molar-refractivity contribution in [2.24, 2.45) is 0 Å². The van der Waals surface area contributed by atoms with Crippen molar-refractivity contribution >= 4 is 15.7 Å². The summed E-state index contributed by atoms with van der Waals surface area (Å²) < 4.78 is 25.8. The standard InChI is InChI=1S/C9H13N3O4S/c1-2-3-4-11-17(15,16)9-5-8(12(13)14)6-10-7-9/h5-7,11H,2-4H2,1H3. The maximum absolute atomic E-state index is 11.7. The molecule has 0 saturated carbocycles. The van der Waals surface area contributed by atoms with Crippen LogP contribution in [0.25, 0.3) is 0 Å². The maximum Gasteiger partial charge on any atom is 0.288 e. The van der Waals surface area contributed by atoms with E-state index in [1.54, 1.807) is 0 Å². The second-order valence-corrected chi connectivity index (χ2v) is 5.15. The lowest BCUT2D eigenvalue weighted by Gasteiger charge is -2.05. The summed E-state index contributed by atoms with van der Waals surface area (Å²) in [5.74, 6) is 0. The van der Waals surface area contributed by atoms with Crippen molar-refractivity contribution in [1.82, 2.24) is 9.71 Å². The van der Waals surface area contributed by atoms with Gasteiger partial charge in [-0.1, -0.05) is 13.3 Å². The first kappa shape index (κ1) is 13.5. The molecule has 1 heterocycles. The number of nitrogens with zero attached hydrogens (tertiary/aromatic N) is 2. The van der Waals surface area contributed by atoms with Gasteiger partial charge in [0, 0.05) is 18.8 Å². The van der Waals surface area contributed by atoms with E-state index in [0.29, 0.717) is 13.0 Å². The minimum Gasteiger partial charge on any atom is -0.258 e. The smallest absolute Gasteiger partial charge is 0.258 e. The second-order valence-electron chi connectivity index (χ2n) is 3.39. The van der Waals surface area contributed by atoms with Crippen molar-refractivity contribution in [1.29, 1.82) is 0 Å². The Morgan fingerprint density at radius 3 is 2.76 bits per heavy atom. The summed E-state index contributed by atoms with van der Waals surface area (Å²) in [5, 5.41) is 10.5. The van der Waals surface area contributed by atoms with Gasteiger partial charge in [-0.05, 0) is 6.42 Å². The Labute approximate surface area is 99.1 Å². The van der Waals surface area contributed by atoms with E-state index in [2.05, 4.69) is 9.71 Å². The first-order valence-corrected chi connectivity index (χ1v) is 6.55. The third-order valence-electron chi connectivity index (χ3n) is 2.04. The average Bonchev–Trinajstić information content (AvgIpc) is 2.29. The highest BCUT2D eigenvalue weighted by molar-refractivity contribution is 7.89. The molecule has 94 valence electrons. The topological polar surface area (TPSA) is 102 Å². The van der Waals surface area contributed by atoms with Crippen molar-refractivity contribution in [3.8, 4) is 0 Å². The molecule has 0 atom stereocenters. The van der Waals surface area contributed by atoms with Gasteiger partial charge in [-0.2, -0.15) is 0 Å². The lowest BCUT2D eigenvalue weighted by Crippen LogP contribution is -2.24. The predicted molar refractivity (Wildman–Crippen MR) is 61.0 cm³/mol. The second kappa shape index (κ2) is 5.69. The van der Waals surface area contributed by atoms with Crippen LogP contribution in [-0.2, 0) is 10.0 Å². The highest BCUT2D eigenvalue weighted by Gasteiger charge is 2.17. The molecule has 0 amide bonds. The SMILES string of the molecule is CCCCNS(=O)(=O)c1cncc([N+](=O)[O-])c1. The van der Waals surface area contributed by atoms with Crippen LogP contribution in [0.4, 0.5) is 5.69 Å². The Morgan fingerprint density at radius 2 is 2.18 bits per heavy atom. The Balaban J connectivity index is 2.91. The zero-order valence-electron chi connectivity index (χ0n) is 9.29. The number of hydrogen-bond donors (Lipinski definition) is 1. The van der Waals surface area contributed by atoms with Gasteiger partial charge in [-0.25, -0.2) is 13.1 Å². The van der Waals surface area contributed by atoms with Crippen LogP contribution in [0.3, 0.4) is 0 Å². The largest absolute Gasteiger partial charge is 0.288 e. The number of unbranched alkanes of at least 4 members (excludes halogenated alkanes) is 1. The number of nitro groups is 1. The molecule has 0 bridgehead atoms. The third kappa shape index (κ3) is 3.75. The molecule has 0 radical (unpaired) electrons. The van der Waals surface area contributed by atoms with E-state index in [1.165, 1.54) is 0 Å².